The summed E-state index contributed by atoms with van der Waals surface area (Å²) in [5, 5.41) is 0. The third kappa shape index (κ3) is 2.94. The van der Waals surface area contributed by atoms with Crippen molar-refractivity contribution >= 4 is 5.78 Å². The molecule has 3 unspecified atom stereocenters. The molecule has 18 heavy (non-hydrogen) atoms. The molecule has 2 rings (SSSR count). The number of rotatable bonds is 3. The fourth-order valence-electron chi connectivity index (χ4n) is 3.34. The summed E-state index contributed by atoms with van der Waals surface area (Å²) in [6.07, 6.45) is 2.08. The van der Waals surface area contributed by atoms with Gasteiger partial charge in [-0.1, -0.05) is 6.92 Å². The molecular weight excluding hydrogens is 224 g/mol. The van der Waals surface area contributed by atoms with Crippen molar-refractivity contribution in [2.45, 2.75) is 52.6 Å². The fraction of sp³-hybridized carbons (Fsp3) is 0.933. The van der Waals surface area contributed by atoms with Crippen LogP contribution < -0.4 is 0 Å². The molecule has 104 valence electrons. The molecule has 2 aliphatic rings. The highest BCUT2D eigenvalue weighted by Crippen LogP contribution is 2.25. The van der Waals surface area contributed by atoms with Crippen molar-refractivity contribution in [2.24, 2.45) is 11.8 Å². The number of Topliss-reactive ketones (excluding diaryl/α,β-unsaturated/α-hetero) is 1. The SMILES string of the molecule is CC1C(=O)CCN(CC2CCN(C(C)C)C2)C1C. The van der Waals surface area contributed by atoms with E-state index in [1.54, 1.807) is 0 Å². The molecule has 2 aliphatic heterocycles. The van der Waals surface area contributed by atoms with Gasteiger partial charge in [0.2, 0.25) is 0 Å². The molecule has 3 atom stereocenters. The number of nitrogens with zero attached hydrogens (tertiary/aromatic N) is 2. The van der Waals surface area contributed by atoms with Gasteiger partial charge in [-0.25, -0.2) is 0 Å². The average molecular weight is 252 g/mol. The van der Waals surface area contributed by atoms with E-state index < -0.39 is 0 Å². The summed E-state index contributed by atoms with van der Waals surface area (Å²) in [7, 11) is 0. The van der Waals surface area contributed by atoms with Crippen LogP contribution >= 0.6 is 0 Å². The Morgan fingerprint density at radius 1 is 1.28 bits per heavy atom. The van der Waals surface area contributed by atoms with Gasteiger partial charge in [0.15, 0.2) is 0 Å². The zero-order valence-corrected chi connectivity index (χ0v) is 12.4. The van der Waals surface area contributed by atoms with Crippen molar-refractivity contribution in [3.63, 3.8) is 0 Å². The van der Waals surface area contributed by atoms with Crippen molar-refractivity contribution in [2.75, 3.05) is 26.2 Å². The summed E-state index contributed by atoms with van der Waals surface area (Å²) in [4.78, 5) is 16.8. The van der Waals surface area contributed by atoms with Crippen LogP contribution in [0.2, 0.25) is 0 Å². The number of ketones is 1. The topological polar surface area (TPSA) is 23.6 Å². The van der Waals surface area contributed by atoms with Gasteiger partial charge in [0, 0.05) is 44.1 Å². The lowest BCUT2D eigenvalue weighted by Gasteiger charge is -2.38. The molecule has 3 nitrogen and oxygen atoms in total. The Balaban J connectivity index is 1.85. The summed E-state index contributed by atoms with van der Waals surface area (Å²) in [5.74, 6) is 1.48. The normalized spacial score (nSPS) is 35.6. The van der Waals surface area contributed by atoms with Gasteiger partial charge in [-0.2, -0.15) is 0 Å². The van der Waals surface area contributed by atoms with Crippen LogP contribution in [-0.2, 0) is 4.79 Å². The van der Waals surface area contributed by atoms with Gasteiger partial charge in [-0.3, -0.25) is 9.69 Å². The van der Waals surface area contributed by atoms with Crippen LogP contribution in [0.25, 0.3) is 0 Å². The van der Waals surface area contributed by atoms with Gasteiger partial charge in [-0.05, 0) is 39.7 Å². The van der Waals surface area contributed by atoms with E-state index in [4.69, 9.17) is 0 Å². The van der Waals surface area contributed by atoms with Crippen LogP contribution in [0.3, 0.4) is 0 Å². The third-order valence-electron chi connectivity index (χ3n) is 4.99. The summed E-state index contributed by atoms with van der Waals surface area (Å²) in [6.45, 7) is 13.5. The van der Waals surface area contributed by atoms with Crippen LogP contribution in [0.15, 0.2) is 0 Å². The highest BCUT2D eigenvalue weighted by molar-refractivity contribution is 5.82. The Hall–Kier alpha value is -0.410. The largest absolute Gasteiger partial charge is 0.301 e. The Labute approximate surface area is 112 Å². The fourth-order valence-corrected chi connectivity index (χ4v) is 3.34. The molecule has 2 fully saturated rings. The second kappa shape index (κ2) is 5.70. The van der Waals surface area contributed by atoms with Crippen molar-refractivity contribution < 1.29 is 4.79 Å². The highest BCUT2D eigenvalue weighted by Gasteiger charge is 2.33. The highest BCUT2D eigenvalue weighted by atomic mass is 16.1. The van der Waals surface area contributed by atoms with E-state index in [9.17, 15) is 4.79 Å². The van der Waals surface area contributed by atoms with Crippen molar-refractivity contribution in [1.82, 2.24) is 9.80 Å². The van der Waals surface area contributed by atoms with E-state index in [-0.39, 0.29) is 5.92 Å². The first-order valence-corrected chi connectivity index (χ1v) is 7.50. The minimum absolute atomic E-state index is 0.223. The number of carbonyl (C=O) groups is 1. The van der Waals surface area contributed by atoms with E-state index in [0.717, 1.165) is 18.9 Å². The predicted molar refractivity (Wildman–Crippen MR) is 74.6 cm³/mol. The van der Waals surface area contributed by atoms with Gasteiger partial charge in [-0.15, -0.1) is 0 Å². The van der Waals surface area contributed by atoms with E-state index >= 15 is 0 Å². The molecule has 0 N–H and O–H groups in total. The molecule has 0 aromatic heterocycles. The Morgan fingerprint density at radius 3 is 2.61 bits per heavy atom. The molecule has 2 heterocycles. The van der Waals surface area contributed by atoms with Gasteiger partial charge < -0.3 is 4.90 Å². The summed E-state index contributed by atoms with van der Waals surface area (Å²) in [5.41, 5.74) is 0. The van der Waals surface area contributed by atoms with Crippen molar-refractivity contribution in [3.05, 3.63) is 0 Å². The van der Waals surface area contributed by atoms with Gasteiger partial charge in [0.05, 0.1) is 0 Å². The van der Waals surface area contributed by atoms with Crippen LogP contribution in [0.1, 0.15) is 40.5 Å². The van der Waals surface area contributed by atoms with Crippen LogP contribution in [0.4, 0.5) is 0 Å². The lowest BCUT2D eigenvalue weighted by atomic mass is 9.90. The maximum Gasteiger partial charge on any atom is 0.138 e. The van der Waals surface area contributed by atoms with Gasteiger partial charge in [0.25, 0.3) is 0 Å². The molecule has 3 heteroatoms. The lowest BCUT2D eigenvalue weighted by molar-refractivity contribution is -0.128. The third-order valence-corrected chi connectivity index (χ3v) is 4.99. The smallest absolute Gasteiger partial charge is 0.138 e. The lowest BCUT2D eigenvalue weighted by Crippen LogP contribution is -2.48. The van der Waals surface area contributed by atoms with Gasteiger partial charge in [0.1, 0.15) is 5.78 Å². The first kappa shape index (κ1) is 14.0. The molecule has 0 saturated carbocycles. The minimum atomic E-state index is 0.223. The second-order valence-corrected chi connectivity index (χ2v) is 6.48. The molecule has 2 saturated heterocycles. The van der Waals surface area contributed by atoms with Crippen LogP contribution in [-0.4, -0.2) is 53.8 Å². The number of hydrogen-bond donors (Lipinski definition) is 0. The molecule has 0 aliphatic carbocycles. The summed E-state index contributed by atoms with van der Waals surface area (Å²) >= 11 is 0. The van der Waals surface area contributed by atoms with Crippen molar-refractivity contribution in [1.29, 1.82) is 0 Å². The minimum Gasteiger partial charge on any atom is -0.301 e. The molecule has 0 amide bonds. The van der Waals surface area contributed by atoms with Gasteiger partial charge >= 0.3 is 0 Å². The zero-order valence-electron chi connectivity index (χ0n) is 12.4. The van der Waals surface area contributed by atoms with Crippen LogP contribution in [0, 0.1) is 11.8 Å². The molecule has 0 spiro atoms. The Morgan fingerprint density at radius 2 is 2.00 bits per heavy atom. The summed E-state index contributed by atoms with van der Waals surface area (Å²) in [6, 6.07) is 1.11. The number of hydrogen-bond acceptors (Lipinski definition) is 3. The Bertz CT molecular complexity index is 303. The van der Waals surface area contributed by atoms with E-state index in [0.29, 0.717) is 17.9 Å². The first-order chi connectivity index (χ1) is 8.49. The summed E-state index contributed by atoms with van der Waals surface area (Å²) < 4.78 is 0. The number of piperidine rings is 1. The van der Waals surface area contributed by atoms with E-state index in [1.807, 2.05) is 0 Å². The molecular formula is C15H28N2O. The standard InChI is InChI=1S/C15H28N2O/c1-11(2)16-7-5-14(9-16)10-17-8-6-15(18)12(3)13(17)4/h11-14H,5-10H2,1-4H3. The second-order valence-electron chi connectivity index (χ2n) is 6.48. The predicted octanol–water partition coefficient (Wildman–Crippen LogP) is 2.02. The maximum atomic E-state index is 11.7. The Kier molecular flexibility index (Phi) is 4.44. The van der Waals surface area contributed by atoms with Crippen molar-refractivity contribution in [3.8, 4) is 0 Å². The molecule has 0 bridgehead atoms. The number of carbonyl (C=O) groups excluding carboxylic acids is 1. The maximum absolute atomic E-state index is 11.7. The quantitative estimate of drug-likeness (QED) is 0.768. The molecule has 0 aromatic rings. The average Bonchev–Trinajstić information content (AvgIpc) is 2.79. The molecule has 0 radical (unpaired) electrons. The van der Waals surface area contributed by atoms with E-state index in [1.165, 1.54) is 26.1 Å². The van der Waals surface area contributed by atoms with E-state index in [2.05, 4.69) is 37.5 Å². The zero-order chi connectivity index (χ0) is 13.3. The first-order valence-electron chi connectivity index (χ1n) is 7.50. The molecule has 0 aromatic carbocycles. The van der Waals surface area contributed by atoms with Crippen LogP contribution in [0.5, 0.6) is 0 Å². The number of likely N-dealkylation sites (tertiary alicyclic amines) is 2. The monoisotopic (exact) mass is 252 g/mol.